The Kier molecular flexibility index (Phi) is 7.52. The van der Waals surface area contributed by atoms with Crippen LogP contribution in [-0.2, 0) is 23.9 Å². The summed E-state index contributed by atoms with van der Waals surface area (Å²) in [6.07, 6.45) is 3.65. The van der Waals surface area contributed by atoms with Gasteiger partial charge in [0.25, 0.3) is 0 Å². The molecule has 8 nitrogen and oxygen atoms in total. The van der Waals surface area contributed by atoms with E-state index < -0.39 is 29.7 Å². The molecule has 8 heteroatoms. The number of carbonyl (C=O) groups excluding carboxylic acids is 3. The lowest BCUT2D eigenvalue weighted by atomic mass is 9.67. The van der Waals surface area contributed by atoms with Gasteiger partial charge in [0.1, 0.15) is 11.7 Å². The number of aromatic nitrogens is 1. The van der Waals surface area contributed by atoms with E-state index in [0.29, 0.717) is 40.3 Å². The number of nitrogens with one attached hydrogen (secondary N) is 1. The fourth-order valence-electron chi connectivity index (χ4n) is 5.06. The number of hydrogen-bond donors (Lipinski definition) is 1. The van der Waals surface area contributed by atoms with Gasteiger partial charge in [0, 0.05) is 41.2 Å². The Labute approximate surface area is 210 Å². The highest BCUT2D eigenvalue weighted by molar-refractivity contribution is 6.13. The molecule has 0 radical (unpaired) electrons. The molecular weight excluding hydrogens is 460 g/mol. The number of nitrogens with zero attached hydrogens (tertiary/aromatic N) is 1. The summed E-state index contributed by atoms with van der Waals surface area (Å²) in [6, 6.07) is 10.9. The number of hydrogen-bond acceptors (Lipinski definition) is 8. The Hall–Kier alpha value is -3.94. The molecule has 36 heavy (non-hydrogen) atoms. The van der Waals surface area contributed by atoms with Crippen LogP contribution >= 0.6 is 0 Å². The molecule has 1 aromatic heterocycles. The first-order valence-electron chi connectivity index (χ1n) is 12.0. The van der Waals surface area contributed by atoms with E-state index in [2.05, 4.69) is 10.3 Å². The lowest BCUT2D eigenvalue weighted by Crippen LogP contribution is -2.43. The number of benzene rings is 1. The van der Waals surface area contributed by atoms with Gasteiger partial charge in [-0.1, -0.05) is 18.2 Å². The molecule has 0 unspecified atom stereocenters. The summed E-state index contributed by atoms with van der Waals surface area (Å²) in [4.78, 5) is 44.6. The summed E-state index contributed by atoms with van der Waals surface area (Å²) >= 11 is 0. The van der Waals surface area contributed by atoms with Gasteiger partial charge in [-0.3, -0.25) is 14.6 Å². The molecule has 2 aliphatic rings. The molecule has 2 heterocycles. The quantitative estimate of drug-likeness (QED) is 0.462. The second kappa shape index (κ2) is 10.8. The van der Waals surface area contributed by atoms with E-state index >= 15 is 0 Å². The number of ether oxygens (including phenoxy) is 3. The molecule has 1 aromatic carbocycles. The fraction of sp³-hybridized carbons (Fsp3) is 0.357. The average molecular weight is 491 g/mol. The van der Waals surface area contributed by atoms with Gasteiger partial charge >= 0.3 is 11.9 Å². The van der Waals surface area contributed by atoms with Crippen LogP contribution in [0.1, 0.15) is 50.2 Å². The molecule has 0 saturated carbocycles. The van der Waals surface area contributed by atoms with E-state index in [4.69, 9.17) is 14.2 Å². The van der Waals surface area contributed by atoms with Crippen LogP contribution in [0.4, 0.5) is 0 Å². The third-order valence-corrected chi connectivity index (χ3v) is 6.62. The number of pyridine rings is 1. The zero-order valence-corrected chi connectivity index (χ0v) is 20.9. The van der Waals surface area contributed by atoms with Gasteiger partial charge in [-0.2, -0.15) is 0 Å². The van der Waals surface area contributed by atoms with E-state index in [1.165, 1.54) is 0 Å². The molecule has 2 aromatic rings. The second-order valence-electron chi connectivity index (χ2n) is 8.67. The summed E-state index contributed by atoms with van der Waals surface area (Å²) in [7, 11) is 1.58. The minimum Gasteiger partial charge on any atom is -0.497 e. The molecule has 1 N–H and O–H groups in total. The molecule has 0 fully saturated rings. The number of carbonyl (C=O) groups is 3. The topological polar surface area (TPSA) is 104 Å². The Morgan fingerprint density at radius 2 is 1.78 bits per heavy atom. The van der Waals surface area contributed by atoms with E-state index in [9.17, 15) is 14.4 Å². The lowest BCUT2D eigenvalue weighted by molar-refractivity contribution is -0.152. The SMILES string of the molecule is CCOC(=O)C1=C(C)NC2=C(C(=O)[C@@H](C(=O)OCC)[C@@H](c3ccc(OC)cc3)C2)[C@@H]1c1cccnc1. The highest BCUT2D eigenvalue weighted by Crippen LogP contribution is 2.48. The van der Waals surface area contributed by atoms with Crippen LogP contribution in [0.25, 0.3) is 0 Å². The number of rotatable bonds is 7. The highest BCUT2D eigenvalue weighted by Gasteiger charge is 2.49. The van der Waals surface area contributed by atoms with Crippen LogP contribution < -0.4 is 10.1 Å². The van der Waals surface area contributed by atoms with Gasteiger partial charge in [-0.25, -0.2) is 4.79 Å². The van der Waals surface area contributed by atoms with E-state index in [1.54, 1.807) is 46.3 Å². The zero-order valence-electron chi connectivity index (χ0n) is 20.9. The number of esters is 2. The first kappa shape index (κ1) is 25.2. The lowest BCUT2D eigenvalue weighted by Gasteiger charge is -2.39. The van der Waals surface area contributed by atoms with Crippen molar-refractivity contribution < 1.29 is 28.6 Å². The third kappa shape index (κ3) is 4.63. The van der Waals surface area contributed by atoms with E-state index in [-0.39, 0.29) is 19.0 Å². The van der Waals surface area contributed by atoms with Crippen molar-refractivity contribution in [3.63, 3.8) is 0 Å². The summed E-state index contributed by atoms with van der Waals surface area (Å²) in [5, 5.41) is 3.29. The minimum atomic E-state index is -1.06. The van der Waals surface area contributed by atoms with Gasteiger partial charge in [-0.15, -0.1) is 0 Å². The zero-order chi connectivity index (χ0) is 25.8. The number of methoxy groups -OCH3 is 1. The highest BCUT2D eigenvalue weighted by atomic mass is 16.5. The number of allylic oxidation sites excluding steroid dienone is 3. The largest absolute Gasteiger partial charge is 0.497 e. The maximum atomic E-state index is 14.2. The van der Waals surface area contributed by atoms with Crippen molar-refractivity contribution in [2.75, 3.05) is 20.3 Å². The summed E-state index contributed by atoms with van der Waals surface area (Å²) in [5.41, 5.74) is 3.50. The molecule has 1 aliphatic carbocycles. The third-order valence-electron chi connectivity index (χ3n) is 6.62. The Bertz CT molecular complexity index is 1220. The summed E-state index contributed by atoms with van der Waals surface area (Å²) in [6.45, 7) is 5.59. The Morgan fingerprint density at radius 3 is 2.39 bits per heavy atom. The molecule has 188 valence electrons. The molecular formula is C28H30N2O6. The maximum Gasteiger partial charge on any atom is 0.336 e. The molecule has 0 amide bonds. The van der Waals surface area contributed by atoms with Gasteiger partial charge in [0.15, 0.2) is 5.78 Å². The summed E-state index contributed by atoms with van der Waals surface area (Å²) in [5.74, 6) is -3.00. The smallest absolute Gasteiger partial charge is 0.336 e. The van der Waals surface area contributed by atoms with Crippen molar-refractivity contribution in [3.05, 3.63) is 82.5 Å². The molecule has 3 atom stereocenters. The molecule has 0 bridgehead atoms. The predicted molar refractivity (Wildman–Crippen MR) is 132 cm³/mol. The Morgan fingerprint density at radius 1 is 1.06 bits per heavy atom. The van der Waals surface area contributed by atoms with Crippen molar-refractivity contribution in [2.24, 2.45) is 5.92 Å². The average Bonchev–Trinajstić information content (AvgIpc) is 2.88. The first-order valence-corrected chi connectivity index (χ1v) is 12.0. The van der Waals surface area contributed by atoms with Gasteiger partial charge in [-0.05, 0) is 56.5 Å². The van der Waals surface area contributed by atoms with Crippen molar-refractivity contribution in [1.82, 2.24) is 10.3 Å². The maximum absolute atomic E-state index is 14.2. The Balaban J connectivity index is 1.87. The summed E-state index contributed by atoms with van der Waals surface area (Å²) < 4.78 is 16.0. The van der Waals surface area contributed by atoms with Crippen LogP contribution in [0, 0.1) is 5.92 Å². The predicted octanol–water partition coefficient (Wildman–Crippen LogP) is 3.80. The first-order chi connectivity index (χ1) is 17.4. The normalized spacial score (nSPS) is 21.4. The molecule has 1 aliphatic heterocycles. The van der Waals surface area contributed by atoms with E-state index in [0.717, 1.165) is 5.56 Å². The molecule has 0 spiro atoms. The van der Waals surface area contributed by atoms with Gasteiger partial charge < -0.3 is 19.5 Å². The number of ketones is 1. The van der Waals surface area contributed by atoms with Crippen molar-refractivity contribution >= 4 is 17.7 Å². The van der Waals surface area contributed by atoms with Crippen molar-refractivity contribution in [1.29, 1.82) is 0 Å². The monoisotopic (exact) mass is 490 g/mol. The number of Topliss-reactive ketones (excluding diaryl/α,β-unsaturated/α-hetero) is 1. The van der Waals surface area contributed by atoms with Crippen LogP contribution in [0.3, 0.4) is 0 Å². The van der Waals surface area contributed by atoms with Crippen molar-refractivity contribution in [2.45, 2.75) is 39.0 Å². The minimum absolute atomic E-state index is 0.154. The van der Waals surface area contributed by atoms with Gasteiger partial charge in [0.2, 0.25) is 0 Å². The second-order valence-corrected chi connectivity index (χ2v) is 8.67. The van der Waals surface area contributed by atoms with Crippen LogP contribution in [0.15, 0.2) is 71.3 Å². The van der Waals surface area contributed by atoms with Crippen LogP contribution in [-0.4, -0.2) is 43.0 Å². The standard InChI is InChI=1S/C28H30N2O6/c1-5-35-27(32)22-16(3)30-21-14-20(17-9-11-19(34-4)12-10-17)24(28(33)36-6-2)26(31)25(21)23(22)18-8-7-13-29-15-18/h7-13,15,20,23-24,30H,5-6,14H2,1-4H3/t20-,23-,24+/m1/s1. The molecule has 0 saturated heterocycles. The van der Waals surface area contributed by atoms with E-state index in [1.807, 2.05) is 30.3 Å². The molecule has 4 rings (SSSR count). The number of dihydropyridines is 1. The van der Waals surface area contributed by atoms with Crippen LogP contribution in [0.5, 0.6) is 5.75 Å². The fourth-order valence-corrected chi connectivity index (χ4v) is 5.06. The van der Waals surface area contributed by atoms with Crippen LogP contribution in [0.2, 0.25) is 0 Å². The van der Waals surface area contributed by atoms with Crippen molar-refractivity contribution in [3.8, 4) is 5.75 Å². The van der Waals surface area contributed by atoms with Gasteiger partial charge in [0.05, 0.1) is 25.9 Å².